The molecule has 1 aromatic heterocycles. The number of rotatable bonds is 10. The van der Waals surface area contributed by atoms with Crippen LogP contribution in [0, 0.1) is 24.7 Å². The van der Waals surface area contributed by atoms with Crippen molar-refractivity contribution in [2.75, 3.05) is 25.6 Å². The first-order valence-corrected chi connectivity index (χ1v) is 19.6. The Morgan fingerprint density at radius 2 is 1.94 bits per heavy atom. The molecule has 0 unspecified atom stereocenters. The van der Waals surface area contributed by atoms with Crippen LogP contribution in [0.2, 0.25) is 0 Å². The van der Waals surface area contributed by atoms with E-state index in [1.165, 1.54) is 16.2 Å². The van der Waals surface area contributed by atoms with Crippen LogP contribution in [0.3, 0.4) is 0 Å². The largest absolute Gasteiger partial charge is 0.497 e. The molecule has 15 heteroatoms. The zero-order valence-electron chi connectivity index (χ0n) is 29.0. The maximum absolute atomic E-state index is 14.0. The Morgan fingerprint density at radius 1 is 1.18 bits per heavy atom. The van der Waals surface area contributed by atoms with Crippen molar-refractivity contribution in [3.63, 3.8) is 0 Å². The summed E-state index contributed by atoms with van der Waals surface area (Å²) in [5.41, 5.74) is 1.24. The standard InChI is InChI=1S/C35H47N5O8S2/c1-22(32(41)38-50(45,46)29-13-14-29)16-24-10-7-5-6-8-15-39(3)34(43)31-19-28(18-30(31)33(42)37-24)48-35(44)40(20-25-21-49-23(2)36-25)26-11-9-12-27(17-26)47-4/h7,9-12,17,21-22,24,28-31H,5-6,8,13-16,18-20H2,1-4H3,(H,37,42)(H,38,41)/b10-7-/t22-,24+,28+,30+,31+/m0/s1. The Hall–Kier alpha value is -3.98. The molecule has 5 atom stereocenters. The maximum Gasteiger partial charge on any atom is 0.414 e. The quantitative estimate of drug-likeness (QED) is 0.339. The zero-order valence-corrected chi connectivity index (χ0v) is 30.6. The van der Waals surface area contributed by atoms with Crippen molar-refractivity contribution in [2.45, 2.75) is 89.2 Å². The molecule has 2 aliphatic carbocycles. The van der Waals surface area contributed by atoms with Crippen molar-refractivity contribution >= 4 is 50.9 Å². The molecule has 2 fully saturated rings. The minimum atomic E-state index is -3.70. The Bertz CT molecular complexity index is 1690. The monoisotopic (exact) mass is 729 g/mol. The molecule has 2 saturated carbocycles. The zero-order chi connectivity index (χ0) is 36.0. The first-order valence-electron chi connectivity index (χ1n) is 17.1. The van der Waals surface area contributed by atoms with Gasteiger partial charge in [-0.1, -0.05) is 25.1 Å². The number of aryl methyl sites for hydroxylation is 1. The summed E-state index contributed by atoms with van der Waals surface area (Å²) in [6.45, 7) is 4.19. The van der Waals surface area contributed by atoms with E-state index in [2.05, 4.69) is 15.0 Å². The Balaban J connectivity index is 1.33. The topological polar surface area (TPSA) is 164 Å². The number of allylic oxidation sites excluding steroid dienone is 1. The van der Waals surface area contributed by atoms with Crippen molar-refractivity contribution in [2.24, 2.45) is 17.8 Å². The maximum atomic E-state index is 14.0. The molecule has 0 bridgehead atoms. The highest BCUT2D eigenvalue weighted by atomic mass is 32.2. The van der Waals surface area contributed by atoms with E-state index in [0.717, 1.165) is 24.3 Å². The molecule has 5 rings (SSSR count). The predicted molar refractivity (Wildman–Crippen MR) is 189 cm³/mol. The molecule has 0 radical (unpaired) electrons. The fourth-order valence-corrected chi connectivity index (χ4v) is 8.48. The van der Waals surface area contributed by atoms with Gasteiger partial charge in [0.1, 0.15) is 11.9 Å². The van der Waals surface area contributed by atoms with Gasteiger partial charge in [-0.05, 0) is 70.4 Å². The number of hydrogen-bond donors (Lipinski definition) is 2. The van der Waals surface area contributed by atoms with Gasteiger partial charge < -0.3 is 19.7 Å². The number of sulfonamides is 1. The smallest absolute Gasteiger partial charge is 0.414 e. The van der Waals surface area contributed by atoms with Gasteiger partial charge in [0.15, 0.2) is 0 Å². The Kier molecular flexibility index (Phi) is 12.2. The second-order valence-corrected chi connectivity index (χ2v) is 16.5. The van der Waals surface area contributed by atoms with E-state index in [0.29, 0.717) is 36.5 Å². The van der Waals surface area contributed by atoms with Crippen molar-refractivity contribution in [1.82, 2.24) is 19.9 Å². The SMILES string of the molecule is COc1cccc(N(Cc2csc(C)n2)C(=O)O[C@@H]2C[C@H]3C(=O)N[C@@H](C[C@H](C)C(=O)NS(=O)(=O)C4CC4)/C=C\CCCCN(C)C(=O)[C@@H]3C2)c1. The van der Waals surface area contributed by atoms with Gasteiger partial charge in [0, 0.05) is 37.0 Å². The fraction of sp³-hybridized carbons (Fsp3) is 0.571. The molecular formula is C35H47N5O8S2. The molecule has 50 heavy (non-hydrogen) atoms. The average molecular weight is 730 g/mol. The number of carbonyl (C=O) groups excluding carboxylic acids is 4. The van der Waals surface area contributed by atoms with Gasteiger partial charge in [-0.25, -0.2) is 18.2 Å². The van der Waals surface area contributed by atoms with Crippen LogP contribution in [-0.2, 0) is 35.7 Å². The van der Waals surface area contributed by atoms with Crippen molar-refractivity contribution < 1.29 is 37.1 Å². The number of amides is 4. The lowest BCUT2D eigenvalue weighted by Gasteiger charge is -2.26. The molecule has 1 aromatic carbocycles. The van der Waals surface area contributed by atoms with Crippen molar-refractivity contribution in [3.8, 4) is 5.75 Å². The normalized spacial score (nSPS) is 24.4. The van der Waals surface area contributed by atoms with E-state index in [1.807, 2.05) is 24.5 Å². The first kappa shape index (κ1) is 37.3. The number of aromatic nitrogens is 1. The van der Waals surface area contributed by atoms with Crippen molar-refractivity contribution in [1.29, 1.82) is 0 Å². The summed E-state index contributed by atoms with van der Waals surface area (Å²) in [4.78, 5) is 62.1. The van der Waals surface area contributed by atoms with Crippen LogP contribution in [0.1, 0.15) is 69.0 Å². The summed E-state index contributed by atoms with van der Waals surface area (Å²) in [5, 5.41) is 5.23. The highest BCUT2D eigenvalue weighted by Gasteiger charge is 2.46. The summed E-state index contributed by atoms with van der Waals surface area (Å²) in [6, 6.07) is 6.48. The summed E-state index contributed by atoms with van der Waals surface area (Å²) in [6.07, 6.45) is 6.29. The number of nitrogens with zero attached hydrogens (tertiary/aromatic N) is 3. The molecule has 272 valence electrons. The van der Waals surface area contributed by atoms with E-state index in [9.17, 15) is 27.6 Å². The Morgan fingerprint density at radius 3 is 2.64 bits per heavy atom. The number of anilines is 1. The molecule has 2 heterocycles. The molecule has 2 N–H and O–H groups in total. The third-order valence-electron chi connectivity index (χ3n) is 9.46. The highest BCUT2D eigenvalue weighted by Crippen LogP contribution is 2.37. The van der Waals surface area contributed by atoms with Crippen LogP contribution < -0.4 is 19.7 Å². The van der Waals surface area contributed by atoms with Gasteiger partial charge in [0.05, 0.1) is 47.1 Å². The average Bonchev–Trinajstić information content (AvgIpc) is 3.75. The number of fused-ring (bicyclic) bond motifs is 1. The Labute approximate surface area is 297 Å². The molecule has 4 amide bonds. The van der Waals surface area contributed by atoms with Crippen LogP contribution in [0.5, 0.6) is 5.75 Å². The van der Waals surface area contributed by atoms with Crippen LogP contribution in [-0.4, -0.2) is 80.2 Å². The molecule has 1 aliphatic heterocycles. The highest BCUT2D eigenvalue weighted by molar-refractivity contribution is 7.90. The summed E-state index contributed by atoms with van der Waals surface area (Å²) < 4.78 is 38.4. The number of thiazole rings is 1. The van der Waals surface area contributed by atoms with Gasteiger partial charge >= 0.3 is 6.09 Å². The van der Waals surface area contributed by atoms with Crippen LogP contribution in [0.25, 0.3) is 0 Å². The van der Waals surface area contributed by atoms with Gasteiger partial charge in [-0.15, -0.1) is 11.3 Å². The molecule has 3 aliphatic rings. The fourth-order valence-electron chi connectivity index (χ4n) is 6.47. The lowest BCUT2D eigenvalue weighted by atomic mass is 9.92. The van der Waals surface area contributed by atoms with Crippen LogP contribution >= 0.6 is 11.3 Å². The lowest BCUT2D eigenvalue weighted by molar-refractivity contribution is -0.140. The summed E-state index contributed by atoms with van der Waals surface area (Å²) >= 11 is 1.48. The minimum Gasteiger partial charge on any atom is -0.497 e. The predicted octanol–water partition coefficient (Wildman–Crippen LogP) is 4.32. The minimum absolute atomic E-state index is 0.135. The van der Waals surface area contributed by atoms with Gasteiger partial charge in [0.2, 0.25) is 27.7 Å². The summed E-state index contributed by atoms with van der Waals surface area (Å²) in [5.74, 6) is -2.84. The third-order valence-corrected chi connectivity index (χ3v) is 12.1. The number of methoxy groups -OCH3 is 1. The van der Waals surface area contributed by atoms with E-state index >= 15 is 0 Å². The number of hydrogen-bond acceptors (Lipinski definition) is 10. The number of ether oxygens (including phenoxy) is 2. The second-order valence-electron chi connectivity index (χ2n) is 13.5. The molecule has 2 aromatic rings. The summed E-state index contributed by atoms with van der Waals surface area (Å²) in [7, 11) is -0.434. The van der Waals surface area contributed by atoms with Gasteiger partial charge in [-0.2, -0.15) is 0 Å². The molecular weight excluding hydrogens is 683 g/mol. The first-order chi connectivity index (χ1) is 23.8. The number of benzene rings is 1. The number of carbonyl (C=O) groups is 4. The van der Waals surface area contributed by atoms with Crippen LogP contribution in [0.4, 0.5) is 10.5 Å². The van der Waals surface area contributed by atoms with Gasteiger partial charge in [-0.3, -0.25) is 24.0 Å². The molecule has 13 nitrogen and oxygen atoms in total. The number of nitrogens with one attached hydrogen (secondary N) is 2. The van der Waals surface area contributed by atoms with E-state index < -0.39 is 57.2 Å². The van der Waals surface area contributed by atoms with E-state index in [4.69, 9.17) is 9.47 Å². The van der Waals surface area contributed by atoms with E-state index in [1.54, 1.807) is 50.2 Å². The lowest BCUT2D eigenvalue weighted by Crippen LogP contribution is -2.45. The third kappa shape index (κ3) is 9.62. The second kappa shape index (κ2) is 16.4. The van der Waals surface area contributed by atoms with Gasteiger partial charge in [0.25, 0.3) is 0 Å². The molecule has 0 spiro atoms. The van der Waals surface area contributed by atoms with E-state index in [-0.39, 0.29) is 37.6 Å². The molecule has 0 saturated heterocycles. The van der Waals surface area contributed by atoms with Crippen LogP contribution in [0.15, 0.2) is 41.8 Å². The van der Waals surface area contributed by atoms with Crippen molar-refractivity contribution in [3.05, 3.63) is 52.5 Å².